The molecule has 1 fully saturated rings. The summed E-state index contributed by atoms with van der Waals surface area (Å²) in [6.45, 7) is 4.45. The van der Waals surface area contributed by atoms with E-state index in [0.29, 0.717) is 0 Å². The standard InChI is InChI=1S/C18H29BrN4O.HI/c1-20-17(21-9-10-23(2)11-12-24-3)22-14-18(7-8-18)15-5-4-6-16(19)13-15;/h4-6,13H,7-12,14H2,1-3H3,(H2,20,21,22);1H. The number of nitrogens with one attached hydrogen (secondary N) is 2. The lowest BCUT2D eigenvalue weighted by Gasteiger charge is -2.21. The number of aliphatic imine (C=N–C) groups is 1. The lowest BCUT2D eigenvalue weighted by molar-refractivity contribution is 0.162. The number of methoxy groups -OCH3 is 1. The number of nitrogens with zero attached hydrogens (tertiary/aromatic N) is 2. The molecule has 2 rings (SSSR count). The molecule has 0 bridgehead atoms. The monoisotopic (exact) mass is 524 g/mol. The van der Waals surface area contributed by atoms with Gasteiger partial charge in [-0.15, -0.1) is 24.0 Å². The molecule has 2 N–H and O–H groups in total. The van der Waals surface area contributed by atoms with Crippen LogP contribution in [0.4, 0.5) is 0 Å². The van der Waals surface area contributed by atoms with E-state index in [1.165, 1.54) is 18.4 Å². The predicted molar refractivity (Wildman–Crippen MR) is 119 cm³/mol. The summed E-state index contributed by atoms with van der Waals surface area (Å²) >= 11 is 3.57. The number of hydrogen-bond acceptors (Lipinski definition) is 3. The molecule has 0 radical (unpaired) electrons. The van der Waals surface area contributed by atoms with E-state index in [0.717, 1.165) is 43.2 Å². The second-order valence-corrected chi connectivity index (χ2v) is 7.35. The Morgan fingerprint density at radius 2 is 2.08 bits per heavy atom. The fourth-order valence-corrected chi connectivity index (χ4v) is 3.13. The van der Waals surface area contributed by atoms with Crippen LogP contribution in [0.5, 0.6) is 0 Å². The Hall–Kier alpha value is -0.380. The van der Waals surface area contributed by atoms with E-state index in [9.17, 15) is 0 Å². The van der Waals surface area contributed by atoms with E-state index in [4.69, 9.17) is 4.74 Å². The fourth-order valence-electron chi connectivity index (χ4n) is 2.73. The van der Waals surface area contributed by atoms with Gasteiger partial charge in [0, 0.05) is 50.2 Å². The van der Waals surface area contributed by atoms with Crippen LogP contribution in [-0.2, 0) is 10.2 Å². The number of rotatable bonds is 9. The van der Waals surface area contributed by atoms with Gasteiger partial charge in [-0.05, 0) is 37.6 Å². The summed E-state index contributed by atoms with van der Waals surface area (Å²) in [5, 5.41) is 6.87. The Kier molecular flexibility index (Phi) is 10.3. The fraction of sp³-hybridized carbons (Fsp3) is 0.611. The van der Waals surface area contributed by atoms with Crippen LogP contribution >= 0.6 is 39.9 Å². The molecule has 0 aromatic heterocycles. The smallest absolute Gasteiger partial charge is 0.191 e. The minimum atomic E-state index is 0. The molecule has 1 saturated carbocycles. The van der Waals surface area contributed by atoms with Gasteiger partial charge in [0.05, 0.1) is 6.61 Å². The summed E-state index contributed by atoms with van der Waals surface area (Å²) in [7, 11) is 5.66. The Morgan fingerprint density at radius 1 is 1.32 bits per heavy atom. The van der Waals surface area contributed by atoms with Crippen molar-refractivity contribution >= 4 is 45.9 Å². The van der Waals surface area contributed by atoms with Crippen molar-refractivity contribution in [3.8, 4) is 0 Å². The Balaban J connectivity index is 0.00000312. The maximum atomic E-state index is 5.09. The van der Waals surface area contributed by atoms with Crippen LogP contribution in [0.3, 0.4) is 0 Å². The van der Waals surface area contributed by atoms with E-state index in [-0.39, 0.29) is 29.4 Å². The molecule has 1 aliphatic rings. The van der Waals surface area contributed by atoms with Gasteiger partial charge >= 0.3 is 0 Å². The van der Waals surface area contributed by atoms with Crippen molar-refractivity contribution in [2.75, 3.05) is 54.0 Å². The highest BCUT2D eigenvalue weighted by molar-refractivity contribution is 14.0. The molecule has 0 atom stereocenters. The molecule has 25 heavy (non-hydrogen) atoms. The highest BCUT2D eigenvalue weighted by Gasteiger charge is 2.44. The molecule has 0 saturated heterocycles. The van der Waals surface area contributed by atoms with Gasteiger partial charge in [0.2, 0.25) is 0 Å². The van der Waals surface area contributed by atoms with Crippen LogP contribution in [0.1, 0.15) is 18.4 Å². The molecule has 142 valence electrons. The average Bonchev–Trinajstić information content (AvgIpc) is 3.37. The summed E-state index contributed by atoms with van der Waals surface area (Å²) in [6.07, 6.45) is 2.46. The molecular formula is C18H30BrIN4O. The van der Waals surface area contributed by atoms with Crippen molar-refractivity contribution in [1.29, 1.82) is 0 Å². The molecular weight excluding hydrogens is 495 g/mol. The second kappa shape index (κ2) is 11.4. The number of likely N-dealkylation sites (N-methyl/N-ethyl adjacent to an activating group) is 1. The molecule has 1 aliphatic carbocycles. The Labute approximate surface area is 177 Å². The van der Waals surface area contributed by atoms with Crippen LogP contribution in [-0.4, -0.2) is 64.9 Å². The molecule has 0 spiro atoms. The minimum absolute atomic E-state index is 0. The lowest BCUT2D eigenvalue weighted by Crippen LogP contribution is -2.43. The number of halogens is 2. The number of ether oxygens (including phenoxy) is 1. The number of benzene rings is 1. The van der Waals surface area contributed by atoms with Crippen LogP contribution < -0.4 is 10.6 Å². The number of hydrogen-bond donors (Lipinski definition) is 2. The highest BCUT2D eigenvalue weighted by Crippen LogP contribution is 2.48. The maximum Gasteiger partial charge on any atom is 0.191 e. The van der Waals surface area contributed by atoms with E-state index in [1.807, 2.05) is 7.05 Å². The summed E-state index contributed by atoms with van der Waals surface area (Å²) in [4.78, 5) is 6.57. The highest BCUT2D eigenvalue weighted by atomic mass is 127. The molecule has 1 aromatic carbocycles. The zero-order chi connectivity index (χ0) is 17.4. The van der Waals surface area contributed by atoms with Crippen molar-refractivity contribution in [1.82, 2.24) is 15.5 Å². The first-order chi connectivity index (χ1) is 11.6. The lowest BCUT2D eigenvalue weighted by atomic mass is 9.96. The van der Waals surface area contributed by atoms with Gasteiger partial charge in [-0.25, -0.2) is 0 Å². The van der Waals surface area contributed by atoms with Crippen LogP contribution in [0.15, 0.2) is 33.7 Å². The first-order valence-electron chi connectivity index (χ1n) is 8.48. The summed E-state index contributed by atoms with van der Waals surface area (Å²) in [6, 6.07) is 8.64. The first-order valence-corrected chi connectivity index (χ1v) is 9.27. The molecule has 0 amide bonds. The molecule has 0 unspecified atom stereocenters. The van der Waals surface area contributed by atoms with Crippen molar-refractivity contribution < 1.29 is 4.74 Å². The quantitative estimate of drug-likeness (QED) is 0.296. The second-order valence-electron chi connectivity index (χ2n) is 6.44. The van der Waals surface area contributed by atoms with Crippen molar-refractivity contribution in [3.05, 3.63) is 34.3 Å². The number of guanidine groups is 1. The van der Waals surface area contributed by atoms with Crippen molar-refractivity contribution in [2.45, 2.75) is 18.3 Å². The molecule has 1 aromatic rings. The Morgan fingerprint density at radius 3 is 2.68 bits per heavy atom. The summed E-state index contributed by atoms with van der Waals surface area (Å²) < 4.78 is 6.24. The van der Waals surface area contributed by atoms with Gasteiger partial charge in [-0.1, -0.05) is 28.1 Å². The van der Waals surface area contributed by atoms with Gasteiger partial charge in [-0.3, -0.25) is 4.99 Å². The third-order valence-corrected chi connectivity index (χ3v) is 5.06. The molecule has 5 nitrogen and oxygen atoms in total. The summed E-state index contributed by atoms with van der Waals surface area (Å²) in [5.41, 5.74) is 1.66. The summed E-state index contributed by atoms with van der Waals surface area (Å²) in [5.74, 6) is 0.872. The van der Waals surface area contributed by atoms with Gasteiger partial charge in [0.1, 0.15) is 0 Å². The topological polar surface area (TPSA) is 48.9 Å². The van der Waals surface area contributed by atoms with E-state index in [1.54, 1.807) is 7.11 Å². The van der Waals surface area contributed by atoms with E-state index in [2.05, 4.69) is 67.8 Å². The van der Waals surface area contributed by atoms with E-state index < -0.39 is 0 Å². The predicted octanol–water partition coefficient (Wildman–Crippen LogP) is 2.84. The average molecular weight is 525 g/mol. The normalized spacial score (nSPS) is 15.6. The van der Waals surface area contributed by atoms with Crippen LogP contribution in [0.25, 0.3) is 0 Å². The SMILES string of the molecule is CN=C(NCCN(C)CCOC)NCC1(c2cccc(Br)c2)CC1.I. The van der Waals surface area contributed by atoms with Crippen LogP contribution in [0, 0.1) is 0 Å². The zero-order valence-corrected chi connectivity index (χ0v) is 19.3. The van der Waals surface area contributed by atoms with Crippen molar-refractivity contribution in [2.24, 2.45) is 4.99 Å². The minimum Gasteiger partial charge on any atom is -0.383 e. The third kappa shape index (κ3) is 7.40. The molecule has 0 aliphatic heterocycles. The molecule has 7 heteroatoms. The first kappa shape index (κ1) is 22.7. The van der Waals surface area contributed by atoms with E-state index >= 15 is 0 Å². The van der Waals surface area contributed by atoms with Gasteiger partial charge < -0.3 is 20.3 Å². The van der Waals surface area contributed by atoms with Crippen molar-refractivity contribution in [3.63, 3.8) is 0 Å². The largest absolute Gasteiger partial charge is 0.383 e. The van der Waals surface area contributed by atoms with Crippen LogP contribution in [0.2, 0.25) is 0 Å². The van der Waals surface area contributed by atoms with Gasteiger partial charge in [-0.2, -0.15) is 0 Å². The van der Waals surface area contributed by atoms with Gasteiger partial charge in [0.25, 0.3) is 0 Å². The third-order valence-electron chi connectivity index (χ3n) is 4.57. The maximum absolute atomic E-state index is 5.09. The zero-order valence-electron chi connectivity index (χ0n) is 15.3. The Bertz CT molecular complexity index is 552. The van der Waals surface area contributed by atoms with Gasteiger partial charge in [0.15, 0.2) is 5.96 Å². The molecule has 0 heterocycles.